The van der Waals surface area contributed by atoms with Crippen molar-refractivity contribution < 1.29 is 0 Å². The molecule has 0 atom stereocenters. The Morgan fingerprint density at radius 3 is 2.25 bits per heavy atom. The largest absolute Gasteiger partial charge is 0.309 e. The average molecular weight is 486 g/mol. The predicted molar refractivity (Wildman–Crippen MR) is 145 cm³/mol. The Hall–Kier alpha value is -2.58. The van der Waals surface area contributed by atoms with Crippen molar-refractivity contribution in [3.63, 3.8) is 0 Å². The second-order valence-corrected chi connectivity index (χ2v) is 9.53. The van der Waals surface area contributed by atoms with Crippen molar-refractivity contribution >= 4 is 43.3 Å². The van der Waals surface area contributed by atoms with Gasteiger partial charge < -0.3 is 4.57 Å². The van der Waals surface area contributed by atoms with E-state index in [0.717, 1.165) is 10.9 Å². The molecule has 0 radical (unpaired) electrons. The number of aromatic nitrogens is 1. The third kappa shape index (κ3) is 3.36. The van der Waals surface area contributed by atoms with Crippen LogP contribution in [0.2, 0.25) is 0 Å². The first kappa shape index (κ1) is 22.6. The van der Waals surface area contributed by atoms with Crippen LogP contribution in [0.4, 0.5) is 0 Å². The van der Waals surface area contributed by atoms with Gasteiger partial charge in [0.05, 0.1) is 11.0 Å². The first-order valence-electron chi connectivity index (χ1n) is 11.7. The monoisotopic (exact) mass is 485 g/mol. The lowest BCUT2D eigenvalue weighted by Crippen LogP contribution is -2.17. The highest BCUT2D eigenvalue weighted by atomic mass is 79.9. The molecule has 4 aromatic rings. The number of hydrogen-bond acceptors (Lipinski definition) is 0. The standard InChI is InChI=1S/C28H26BrN.C2H6/c1-5-10-20-21-16-23-22-15-18(29)13-14-26(22)30(19-11-8-7-9-12-19)27(23)17-25(21)28(3,4)24(20)6-2;1-2/h5,7-17H,6H2,1-4H3;1-2H3/b10-5-;. The third-order valence-electron chi connectivity index (χ3n) is 6.61. The number of hydrogen-bond donors (Lipinski definition) is 0. The number of para-hydroxylation sites is 1. The minimum atomic E-state index is 0.0334. The molecule has 1 aliphatic rings. The average Bonchev–Trinajstić information content (AvgIpc) is 3.23. The van der Waals surface area contributed by atoms with Gasteiger partial charge >= 0.3 is 0 Å². The maximum absolute atomic E-state index is 3.69. The molecule has 32 heavy (non-hydrogen) atoms. The first-order chi connectivity index (χ1) is 15.5. The zero-order valence-electron chi connectivity index (χ0n) is 20.0. The van der Waals surface area contributed by atoms with E-state index in [0.29, 0.717) is 0 Å². The highest BCUT2D eigenvalue weighted by Gasteiger charge is 2.36. The summed E-state index contributed by atoms with van der Waals surface area (Å²) in [6.07, 6.45) is 5.53. The molecule has 1 aliphatic carbocycles. The zero-order valence-corrected chi connectivity index (χ0v) is 21.5. The molecule has 1 heterocycles. The van der Waals surface area contributed by atoms with Gasteiger partial charge in [-0.15, -0.1) is 0 Å². The van der Waals surface area contributed by atoms with Crippen LogP contribution < -0.4 is 0 Å². The Balaban J connectivity index is 0.00000119. The van der Waals surface area contributed by atoms with Gasteiger partial charge in [0.2, 0.25) is 0 Å². The van der Waals surface area contributed by atoms with Gasteiger partial charge in [0, 0.05) is 26.3 Å². The number of fused-ring (bicyclic) bond motifs is 4. The second kappa shape index (κ2) is 8.75. The number of allylic oxidation sites excluding steroid dienone is 4. The van der Waals surface area contributed by atoms with Gasteiger partial charge in [0.25, 0.3) is 0 Å². The lowest BCUT2D eigenvalue weighted by atomic mass is 9.80. The van der Waals surface area contributed by atoms with E-state index in [2.05, 4.69) is 121 Å². The molecule has 1 aromatic heterocycles. The molecule has 164 valence electrons. The Kier molecular flexibility index (Phi) is 6.18. The van der Waals surface area contributed by atoms with Crippen molar-refractivity contribution in [3.05, 3.63) is 94.0 Å². The summed E-state index contributed by atoms with van der Waals surface area (Å²) in [6.45, 7) is 13.1. The Bertz CT molecular complexity index is 1350. The van der Waals surface area contributed by atoms with Crippen LogP contribution in [0.25, 0.3) is 33.1 Å². The molecule has 0 fully saturated rings. The highest BCUT2D eigenvalue weighted by molar-refractivity contribution is 9.10. The summed E-state index contributed by atoms with van der Waals surface area (Å²) in [5, 5.41) is 2.60. The van der Waals surface area contributed by atoms with Crippen molar-refractivity contribution in [1.29, 1.82) is 0 Å². The molecule has 0 saturated carbocycles. The molecular formula is C30H32BrN. The van der Waals surface area contributed by atoms with Gasteiger partial charge in [0.1, 0.15) is 0 Å². The third-order valence-corrected chi connectivity index (χ3v) is 7.10. The van der Waals surface area contributed by atoms with Crippen LogP contribution in [0.1, 0.15) is 59.1 Å². The van der Waals surface area contributed by atoms with Gasteiger partial charge in [0.15, 0.2) is 0 Å². The summed E-state index contributed by atoms with van der Waals surface area (Å²) in [6, 6.07) is 22.2. The van der Waals surface area contributed by atoms with Crippen molar-refractivity contribution in [3.8, 4) is 5.69 Å². The second-order valence-electron chi connectivity index (χ2n) is 8.62. The van der Waals surface area contributed by atoms with Crippen LogP contribution >= 0.6 is 15.9 Å². The van der Waals surface area contributed by atoms with Gasteiger partial charge in [-0.3, -0.25) is 0 Å². The molecule has 5 rings (SSSR count). The van der Waals surface area contributed by atoms with Gasteiger partial charge in [-0.2, -0.15) is 0 Å². The smallest absolute Gasteiger partial charge is 0.0544 e. The van der Waals surface area contributed by atoms with Crippen LogP contribution in [0.15, 0.2) is 82.9 Å². The molecule has 1 nitrogen and oxygen atoms in total. The number of nitrogens with zero attached hydrogens (tertiary/aromatic N) is 1. The highest BCUT2D eigenvalue weighted by Crippen LogP contribution is 2.50. The quantitative estimate of drug-likeness (QED) is 0.272. The van der Waals surface area contributed by atoms with Crippen LogP contribution in [-0.4, -0.2) is 4.57 Å². The van der Waals surface area contributed by atoms with E-state index in [-0.39, 0.29) is 5.41 Å². The predicted octanol–water partition coefficient (Wildman–Crippen LogP) is 9.60. The van der Waals surface area contributed by atoms with Gasteiger partial charge in [-0.25, -0.2) is 0 Å². The molecular weight excluding hydrogens is 454 g/mol. The van der Waals surface area contributed by atoms with Gasteiger partial charge in [-0.1, -0.05) is 86.5 Å². The Morgan fingerprint density at radius 1 is 0.906 bits per heavy atom. The summed E-state index contributed by atoms with van der Waals surface area (Å²) in [5.74, 6) is 0. The molecule has 3 aromatic carbocycles. The van der Waals surface area contributed by atoms with Crippen molar-refractivity contribution in [2.45, 2.75) is 53.4 Å². The zero-order chi connectivity index (χ0) is 23.0. The minimum Gasteiger partial charge on any atom is -0.309 e. The number of rotatable bonds is 3. The van der Waals surface area contributed by atoms with E-state index >= 15 is 0 Å². The normalized spacial score (nSPS) is 14.8. The minimum absolute atomic E-state index is 0.0334. The number of benzene rings is 3. The fourth-order valence-electron chi connectivity index (χ4n) is 5.28. The summed E-state index contributed by atoms with van der Waals surface area (Å²) in [5.41, 5.74) is 9.50. The van der Waals surface area contributed by atoms with Gasteiger partial charge in [-0.05, 0) is 72.5 Å². The van der Waals surface area contributed by atoms with E-state index in [4.69, 9.17) is 0 Å². The van der Waals surface area contributed by atoms with E-state index in [9.17, 15) is 0 Å². The van der Waals surface area contributed by atoms with Crippen LogP contribution in [0, 0.1) is 0 Å². The van der Waals surface area contributed by atoms with Crippen LogP contribution in [0.5, 0.6) is 0 Å². The first-order valence-corrected chi connectivity index (χ1v) is 12.5. The maximum atomic E-state index is 3.69. The molecule has 0 saturated heterocycles. The van der Waals surface area contributed by atoms with Crippen molar-refractivity contribution in [1.82, 2.24) is 4.57 Å². The molecule has 0 unspecified atom stereocenters. The molecule has 0 aliphatic heterocycles. The van der Waals surface area contributed by atoms with E-state index in [1.54, 1.807) is 0 Å². The fraction of sp³-hybridized carbons (Fsp3) is 0.267. The molecule has 0 amide bonds. The number of halogens is 1. The summed E-state index contributed by atoms with van der Waals surface area (Å²) < 4.78 is 3.52. The van der Waals surface area contributed by atoms with E-state index in [1.807, 2.05) is 13.8 Å². The molecule has 0 N–H and O–H groups in total. The summed E-state index contributed by atoms with van der Waals surface area (Å²) in [7, 11) is 0. The topological polar surface area (TPSA) is 4.93 Å². The summed E-state index contributed by atoms with van der Waals surface area (Å²) >= 11 is 3.69. The van der Waals surface area contributed by atoms with E-state index < -0.39 is 0 Å². The van der Waals surface area contributed by atoms with Crippen LogP contribution in [-0.2, 0) is 5.41 Å². The van der Waals surface area contributed by atoms with Crippen LogP contribution in [0.3, 0.4) is 0 Å². The molecule has 0 bridgehead atoms. The Morgan fingerprint density at radius 2 is 1.59 bits per heavy atom. The van der Waals surface area contributed by atoms with Crippen molar-refractivity contribution in [2.24, 2.45) is 0 Å². The lowest BCUT2D eigenvalue weighted by Gasteiger charge is -2.24. The maximum Gasteiger partial charge on any atom is 0.0544 e. The summed E-state index contributed by atoms with van der Waals surface area (Å²) in [4.78, 5) is 0. The molecule has 0 spiro atoms. The lowest BCUT2D eigenvalue weighted by molar-refractivity contribution is 0.618. The molecule has 2 heteroatoms. The SMILES string of the molecule is C/C=C\C1=C(CC)C(C)(C)c2cc3c(cc21)c1cc(Br)ccc1n3-c1ccccc1.CC. The Labute approximate surface area is 200 Å². The van der Waals surface area contributed by atoms with E-state index in [1.165, 1.54) is 49.8 Å². The van der Waals surface area contributed by atoms with Crippen molar-refractivity contribution in [2.75, 3.05) is 0 Å². The fourth-order valence-corrected chi connectivity index (χ4v) is 5.65.